The molecular weight excluding hydrogens is 763 g/mol. The summed E-state index contributed by atoms with van der Waals surface area (Å²) in [7, 11) is 0. The third kappa shape index (κ3) is 4.44. The zero-order valence-electron chi connectivity index (χ0n) is 32.4. The van der Waals surface area contributed by atoms with E-state index in [1.54, 1.807) is 11.3 Å². The van der Waals surface area contributed by atoms with Crippen LogP contribution in [-0.2, 0) is 0 Å². The number of para-hydroxylation sites is 1. The van der Waals surface area contributed by atoms with Crippen molar-refractivity contribution in [2.24, 2.45) is 0 Å². The fourth-order valence-electron chi connectivity index (χ4n) is 10.2. The van der Waals surface area contributed by atoms with Crippen LogP contribution in [0.5, 0.6) is 0 Å². The minimum absolute atomic E-state index is 0.418. The molecule has 0 N–H and O–H groups in total. The maximum atomic E-state index is 11.8. The van der Waals surface area contributed by atoms with Crippen molar-refractivity contribution in [1.82, 2.24) is 14.1 Å². The number of rotatable bonds is 4. The number of thiophene rings is 1. The SMILES string of the molecule is [C-]#[N+]c1c(-c2ccccc2)c(C#N)c(-n2c3ccccc3c3ccc4sc5ccccc5c4c32)c(-c2ccccc2)c1-n1c2cccc3c4cccnc4c4cccc1c4c32. The summed E-state index contributed by atoms with van der Waals surface area (Å²) < 4.78 is 7.03. The van der Waals surface area contributed by atoms with Gasteiger partial charge in [-0.3, -0.25) is 4.98 Å². The molecule has 0 atom stereocenters. The number of nitriles is 1. The van der Waals surface area contributed by atoms with Gasteiger partial charge in [0, 0.05) is 69.8 Å². The number of benzene rings is 9. The Kier molecular flexibility index (Phi) is 6.96. The Morgan fingerprint density at radius 1 is 0.492 bits per heavy atom. The first-order valence-corrected chi connectivity index (χ1v) is 21.0. The molecule has 0 saturated heterocycles. The van der Waals surface area contributed by atoms with Crippen LogP contribution >= 0.6 is 11.3 Å². The van der Waals surface area contributed by atoms with E-state index >= 15 is 0 Å². The predicted molar refractivity (Wildman–Crippen MR) is 254 cm³/mol. The van der Waals surface area contributed by atoms with Crippen LogP contribution in [0.4, 0.5) is 5.69 Å². The van der Waals surface area contributed by atoms with Gasteiger partial charge in [-0.15, -0.1) is 11.3 Å². The highest BCUT2D eigenvalue weighted by molar-refractivity contribution is 7.26. The zero-order chi connectivity index (χ0) is 40.3. The molecule has 5 nitrogen and oxygen atoms in total. The van der Waals surface area contributed by atoms with Crippen LogP contribution in [0.15, 0.2) is 176 Å². The van der Waals surface area contributed by atoms with E-state index in [0.717, 1.165) is 98.7 Å². The Morgan fingerprint density at radius 3 is 1.87 bits per heavy atom. The van der Waals surface area contributed by atoms with E-state index in [4.69, 9.17) is 4.98 Å². The lowest BCUT2D eigenvalue weighted by Gasteiger charge is -2.26. The second-order valence-electron chi connectivity index (χ2n) is 15.5. The van der Waals surface area contributed by atoms with Gasteiger partial charge in [0.15, 0.2) is 0 Å². The van der Waals surface area contributed by atoms with E-state index < -0.39 is 0 Å². The van der Waals surface area contributed by atoms with Gasteiger partial charge < -0.3 is 9.13 Å². The summed E-state index contributed by atoms with van der Waals surface area (Å²) in [6.45, 7) is 9.20. The van der Waals surface area contributed by atoms with Gasteiger partial charge in [-0.2, -0.15) is 5.26 Å². The first-order valence-electron chi connectivity index (χ1n) is 20.2. The molecule has 61 heavy (non-hydrogen) atoms. The van der Waals surface area contributed by atoms with Gasteiger partial charge >= 0.3 is 0 Å². The maximum absolute atomic E-state index is 11.8. The molecule has 0 aliphatic heterocycles. The Morgan fingerprint density at radius 2 is 1.11 bits per heavy atom. The molecule has 0 aliphatic carbocycles. The fraction of sp³-hybridized carbons (Fsp3) is 0. The van der Waals surface area contributed by atoms with Crippen molar-refractivity contribution in [1.29, 1.82) is 5.26 Å². The van der Waals surface area contributed by atoms with Crippen molar-refractivity contribution in [3.05, 3.63) is 193 Å². The number of aromatic nitrogens is 3. The highest BCUT2D eigenvalue weighted by Crippen LogP contribution is 2.54. The molecular formula is C55H29N5S. The van der Waals surface area contributed by atoms with Crippen molar-refractivity contribution in [2.75, 3.05) is 0 Å². The molecule has 13 rings (SSSR count). The number of nitrogens with zero attached hydrogens (tertiary/aromatic N) is 5. The van der Waals surface area contributed by atoms with Gasteiger partial charge in [0.25, 0.3) is 0 Å². The van der Waals surface area contributed by atoms with Crippen LogP contribution in [0.1, 0.15) is 5.56 Å². The van der Waals surface area contributed by atoms with Crippen LogP contribution in [0, 0.1) is 17.9 Å². The van der Waals surface area contributed by atoms with Crippen molar-refractivity contribution in [3.63, 3.8) is 0 Å². The zero-order valence-corrected chi connectivity index (χ0v) is 33.2. The van der Waals surface area contributed by atoms with E-state index in [-0.39, 0.29) is 0 Å². The highest BCUT2D eigenvalue weighted by Gasteiger charge is 2.33. The molecule has 0 aliphatic rings. The van der Waals surface area contributed by atoms with E-state index in [1.165, 1.54) is 14.8 Å². The molecule has 0 fully saturated rings. The maximum Gasteiger partial charge on any atom is 0.220 e. The lowest BCUT2D eigenvalue weighted by atomic mass is 9.88. The summed E-state index contributed by atoms with van der Waals surface area (Å²) in [5, 5.41) is 21.8. The Balaban J connectivity index is 1.35. The molecule has 13 aromatic rings. The molecule has 4 heterocycles. The second-order valence-corrected chi connectivity index (χ2v) is 16.6. The van der Waals surface area contributed by atoms with Crippen LogP contribution in [0.2, 0.25) is 0 Å². The summed E-state index contributed by atoms with van der Waals surface area (Å²) in [4.78, 5) is 9.44. The number of hydrogen-bond donors (Lipinski definition) is 0. The number of hydrogen-bond acceptors (Lipinski definition) is 3. The fourth-order valence-corrected chi connectivity index (χ4v) is 11.3. The quantitative estimate of drug-likeness (QED) is 0.132. The van der Waals surface area contributed by atoms with Gasteiger partial charge in [-0.05, 0) is 52.9 Å². The summed E-state index contributed by atoms with van der Waals surface area (Å²) >= 11 is 1.79. The van der Waals surface area contributed by atoms with Gasteiger partial charge in [0.05, 0.1) is 51.1 Å². The average molecular weight is 792 g/mol. The molecule has 280 valence electrons. The molecule has 0 bridgehead atoms. The summed E-state index contributed by atoms with van der Waals surface area (Å²) in [6, 6.07) is 61.8. The topological polar surface area (TPSA) is 50.9 Å². The van der Waals surface area contributed by atoms with Crippen LogP contribution < -0.4 is 0 Å². The smallest absolute Gasteiger partial charge is 0.220 e. The van der Waals surface area contributed by atoms with E-state index in [2.05, 4.69) is 135 Å². The Hall–Kier alpha value is -8.29. The number of pyridine rings is 1. The largest absolute Gasteiger partial charge is 0.318 e. The van der Waals surface area contributed by atoms with Crippen molar-refractivity contribution < 1.29 is 0 Å². The average Bonchev–Trinajstić information content (AvgIpc) is 3.99. The first kappa shape index (κ1) is 33.7. The van der Waals surface area contributed by atoms with Crippen LogP contribution in [0.3, 0.4) is 0 Å². The minimum atomic E-state index is 0.418. The lowest BCUT2D eigenvalue weighted by molar-refractivity contribution is 1.14. The molecule has 0 saturated carbocycles. The predicted octanol–water partition coefficient (Wildman–Crippen LogP) is 15.1. The third-order valence-electron chi connectivity index (χ3n) is 12.6. The normalized spacial score (nSPS) is 11.9. The van der Waals surface area contributed by atoms with E-state index in [1.807, 2.05) is 60.8 Å². The first-order chi connectivity index (χ1) is 30.2. The van der Waals surface area contributed by atoms with Crippen molar-refractivity contribution in [3.8, 4) is 39.7 Å². The lowest BCUT2D eigenvalue weighted by Crippen LogP contribution is -2.08. The molecule has 0 spiro atoms. The molecule has 0 radical (unpaired) electrons. The molecule has 9 aromatic carbocycles. The standard InChI is InChI=1S/C55H29N5S/c1-57-52-46(32-15-4-2-5-16-32)40(31-56)54(60-41-24-10-8-19-34(41)37-28-29-45-50(53(37)60)38-20-9-11-27-44(38)61-45)47(33-17-6-3-7-18-33)55(52)59-42-25-12-21-35-36-23-14-30-58-51(36)39-22-13-26-43(59)49(39)48(35)42/h2-30H. The molecule has 0 unspecified atom stereocenters. The summed E-state index contributed by atoms with van der Waals surface area (Å²) in [5.41, 5.74) is 10.4. The van der Waals surface area contributed by atoms with Crippen molar-refractivity contribution in [2.45, 2.75) is 0 Å². The van der Waals surface area contributed by atoms with Gasteiger partial charge in [-0.1, -0.05) is 133 Å². The number of fused-ring (bicyclic) bond motifs is 10. The Bertz CT molecular complexity index is 3980. The minimum Gasteiger partial charge on any atom is -0.318 e. The highest BCUT2D eigenvalue weighted by atomic mass is 32.1. The second kappa shape index (κ2) is 12.6. The molecule has 4 aromatic heterocycles. The summed E-state index contributed by atoms with van der Waals surface area (Å²) in [5.74, 6) is 0. The van der Waals surface area contributed by atoms with Gasteiger partial charge in [0.1, 0.15) is 6.07 Å². The van der Waals surface area contributed by atoms with Crippen LogP contribution in [0.25, 0.3) is 124 Å². The Labute approximate surface area is 353 Å². The van der Waals surface area contributed by atoms with E-state index in [0.29, 0.717) is 16.8 Å². The molecule has 0 amide bonds. The molecule has 6 heteroatoms. The van der Waals surface area contributed by atoms with Crippen molar-refractivity contribution >= 4 is 102 Å². The monoisotopic (exact) mass is 791 g/mol. The van der Waals surface area contributed by atoms with Gasteiger partial charge in [-0.25, -0.2) is 4.85 Å². The third-order valence-corrected chi connectivity index (χ3v) is 13.7. The van der Waals surface area contributed by atoms with Gasteiger partial charge in [0.2, 0.25) is 5.69 Å². The van der Waals surface area contributed by atoms with E-state index in [9.17, 15) is 11.8 Å². The summed E-state index contributed by atoms with van der Waals surface area (Å²) in [6.07, 6.45) is 1.86. The van der Waals surface area contributed by atoms with Crippen LogP contribution in [-0.4, -0.2) is 14.1 Å².